The zero-order valence-electron chi connectivity index (χ0n) is 18.6. The van der Waals surface area contributed by atoms with E-state index in [1.165, 1.54) is 29.6 Å². The van der Waals surface area contributed by atoms with Crippen LogP contribution >= 0.6 is 0 Å². The molecule has 1 aliphatic heterocycles. The molecule has 166 valence electrons. The lowest BCUT2D eigenvalue weighted by Gasteiger charge is -2.20. The SMILES string of the molecule is COc1ccc(S(=O)(=O)N2CCc3ccccc32)cc1C(=O)Nc1c(C)cc(C)cc1C. The third-order valence-corrected chi connectivity index (χ3v) is 7.57. The van der Waals surface area contributed by atoms with Gasteiger partial charge in [-0.05, 0) is 68.1 Å². The van der Waals surface area contributed by atoms with E-state index < -0.39 is 15.9 Å². The van der Waals surface area contributed by atoms with Gasteiger partial charge in [-0.1, -0.05) is 35.9 Å². The number of methoxy groups -OCH3 is 1. The van der Waals surface area contributed by atoms with E-state index in [9.17, 15) is 13.2 Å². The number of fused-ring (bicyclic) bond motifs is 1. The molecule has 1 aliphatic rings. The number of sulfonamides is 1. The highest BCUT2D eigenvalue weighted by Crippen LogP contribution is 2.34. The van der Waals surface area contributed by atoms with Gasteiger partial charge in [0, 0.05) is 12.2 Å². The lowest BCUT2D eigenvalue weighted by atomic mass is 10.0. The Labute approximate surface area is 188 Å². The van der Waals surface area contributed by atoms with E-state index in [0.717, 1.165) is 22.3 Å². The number of nitrogens with zero attached hydrogens (tertiary/aromatic N) is 1. The number of benzene rings is 3. The minimum absolute atomic E-state index is 0.0532. The molecule has 0 saturated carbocycles. The van der Waals surface area contributed by atoms with Crippen molar-refractivity contribution in [1.29, 1.82) is 0 Å². The summed E-state index contributed by atoms with van der Waals surface area (Å²) in [7, 11) is -2.37. The second-order valence-corrected chi connectivity index (χ2v) is 9.91. The van der Waals surface area contributed by atoms with Gasteiger partial charge in [0.05, 0.1) is 23.3 Å². The Morgan fingerprint density at radius 1 is 1.00 bits per heavy atom. The van der Waals surface area contributed by atoms with Gasteiger partial charge >= 0.3 is 0 Å². The van der Waals surface area contributed by atoms with Crippen LogP contribution < -0.4 is 14.4 Å². The lowest BCUT2D eigenvalue weighted by Crippen LogP contribution is -2.29. The predicted octanol–water partition coefficient (Wildman–Crippen LogP) is 4.62. The first-order valence-electron chi connectivity index (χ1n) is 10.4. The van der Waals surface area contributed by atoms with E-state index in [1.54, 1.807) is 6.07 Å². The van der Waals surface area contributed by atoms with E-state index >= 15 is 0 Å². The minimum atomic E-state index is -3.83. The fourth-order valence-electron chi connectivity index (χ4n) is 4.27. The first-order valence-corrected chi connectivity index (χ1v) is 11.8. The summed E-state index contributed by atoms with van der Waals surface area (Å²) in [6, 6.07) is 15.9. The maximum Gasteiger partial charge on any atom is 0.264 e. The molecule has 0 spiro atoms. The Morgan fingerprint density at radius 3 is 2.38 bits per heavy atom. The summed E-state index contributed by atoms with van der Waals surface area (Å²) in [4.78, 5) is 13.2. The molecule has 3 aromatic carbocycles. The number of anilines is 2. The van der Waals surface area contributed by atoms with Gasteiger partial charge in [-0.3, -0.25) is 9.10 Å². The average Bonchev–Trinajstić information content (AvgIpc) is 3.20. The van der Waals surface area contributed by atoms with Crippen LogP contribution in [0.1, 0.15) is 32.6 Å². The monoisotopic (exact) mass is 450 g/mol. The van der Waals surface area contributed by atoms with Crippen LogP contribution in [-0.2, 0) is 16.4 Å². The molecule has 1 amide bonds. The topological polar surface area (TPSA) is 75.7 Å². The second-order valence-electron chi connectivity index (χ2n) is 8.05. The third kappa shape index (κ3) is 3.84. The van der Waals surface area contributed by atoms with Crippen molar-refractivity contribution in [1.82, 2.24) is 0 Å². The van der Waals surface area contributed by atoms with E-state index in [-0.39, 0.29) is 10.5 Å². The number of carbonyl (C=O) groups is 1. The minimum Gasteiger partial charge on any atom is -0.496 e. The Hall–Kier alpha value is -3.32. The van der Waals surface area contributed by atoms with Gasteiger partial charge in [-0.15, -0.1) is 0 Å². The molecule has 3 aromatic rings. The smallest absolute Gasteiger partial charge is 0.264 e. The van der Waals surface area contributed by atoms with Crippen LogP contribution in [0.15, 0.2) is 59.5 Å². The molecular formula is C25H26N2O4S. The van der Waals surface area contributed by atoms with Crippen molar-refractivity contribution >= 4 is 27.3 Å². The van der Waals surface area contributed by atoms with Crippen LogP contribution in [0.25, 0.3) is 0 Å². The van der Waals surface area contributed by atoms with Gasteiger partial charge in [-0.25, -0.2) is 8.42 Å². The van der Waals surface area contributed by atoms with E-state index in [0.29, 0.717) is 30.1 Å². The maximum absolute atomic E-state index is 13.4. The van der Waals surface area contributed by atoms with E-state index in [4.69, 9.17) is 4.74 Å². The fourth-order valence-corrected chi connectivity index (χ4v) is 5.80. The van der Waals surface area contributed by atoms with Gasteiger partial charge < -0.3 is 10.1 Å². The Kier molecular flexibility index (Phi) is 5.69. The summed E-state index contributed by atoms with van der Waals surface area (Å²) in [5, 5.41) is 2.93. The van der Waals surface area contributed by atoms with Gasteiger partial charge in [0.1, 0.15) is 5.75 Å². The standard InChI is InChI=1S/C25H26N2O4S/c1-16-13-17(2)24(18(3)14-16)26-25(28)21-15-20(9-10-23(21)31-4)32(29,30)27-12-11-19-7-5-6-8-22(19)27/h5-10,13-15H,11-12H2,1-4H3,(H,26,28). The van der Waals surface area contributed by atoms with Crippen molar-refractivity contribution in [3.8, 4) is 5.75 Å². The molecule has 0 unspecified atom stereocenters. The molecule has 0 bridgehead atoms. The second kappa shape index (κ2) is 8.31. The van der Waals surface area contributed by atoms with Gasteiger partial charge in [0.2, 0.25) is 0 Å². The Morgan fingerprint density at radius 2 is 1.69 bits per heavy atom. The zero-order chi connectivity index (χ0) is 23.0. The Balaban J connectivity index is 1.72. The fraction of sp³-hybridized carbons (Fsp3) is 0.240. The number of hydrogen-bond acceptors (Lipinski definition) is 4. The molecule has 0 aromatic heterocycles. The number of ether oxygens (including phenoxy) is 1. The summed E-state index contributed by atoms with van der Waals surface area (Å²) in [5.74, 6) is -0.110. The highest BCUT2D eigenvalue weighted by molar-refractivity contribution is 7.92. The summed E-state index contributed by atoms with van der Waals surface area (Å²) >= 11 is 0. The molecular weight excluding hydrogens is 424 g/mol. The van der Waals surface area contributed by atoms with Crippen molar-refractivity contribution in [3.63, 3.8) is 0 Å². The summed E-state index contributed by atoms with van der Waals surface area (Å²) in [6.07, 6.45) is 0.658. The van der Waals surface area contributed by atoms with E-state index in [1.807, 2.05) is 51.1 Å². The maximum atomic E-state index is 13.4. The quantitative estimate of drug-likeness (QED) is 0.615. The molecule has 1 N–H and O–H groups in total. The van der Waals surface area contributed by atoms with Crippen molar-refractivity contribution in [2.24, 2.45) is 0 Å². The number of para-hydroxylation sites is 1. The van der Waals surface area contributed by atoms with Gasteiger partial charge in [-0.2, -0.15) is 0 Å². The number of amides is 1. The summed E-state index contributed by atoms with van der Waals surface area (Å²) < 4.78 is 33.6. The number of aryl methyl sites for hydroxylation is 3. The van der Waals surface area contributed by atoms with Crippen LogP contribution in [0, 0.1) is 20.8 Å². The number of rotatable bonds is 5. The molecule has 7 heteroatoms. The van der Waals surface area contributed by atoms with Crippen molar-refractivity contribution in [3.05, 3.63) is 82.4 Å². The number of nitrogens with one attached hydrogen (secondary N) is 1. The van der Waals surface area contributed by atoms with E-state index in [2.05, 4.69) is 5.32 Å². The van der Waals surface area contributed by atoms with Crippen LogP contribution in [-0.4, -0.2) is 28.0 Å². The highest BCUT2D eigenvalue weighted by Gasteiger charge is 2.31. The summed E-state index contributed by atoms with van der Waals surface area (Å²) in [5.41, 5.74) is 5.53. The third-order valence-electron chi connectivity index (χ3n) is 5.76. The first-order chi connectivity index (χ1) is 15.2. The molecule has 1 heterocycles. The molecule has 0 fully saturated rings. The van der Waals surface area contributed by atoms with Crippen LogP contribution in [0.3, 0.4) is 0 Å². The summed E-state index contributed by atoms with van der Waals surface area (Å²) in [6.45, 7) is 6.23. The normalized spacial score (nSPS) is 13.1. The predicted molar refractivity (Wildman–Crippen MR) is 126 cm³/mol. The number of hydrogen-bond donors (Lipinski definition) is 1. The van der Waals surface area contributed by atoms with Crippen molar-refractivity contribution in [2.75, 3.05) is 23.3 Å². The molecule has 4 rings (SSSR count). The van der Waals surface area contributed by atoms with Crippen LogP contribution in [0.4, 0.5) is 11.4 Å². The molecule has 32 heavy (non-hydrogen) atoms. The average molecular weight is 451 g/mol. The number of carbonyl (C=O) groups excluding carboxylic acids is 1. The molecule has 0 radical (unpaired) electrons. The molecule has 0 atom stereocenters. The van der Waals surface area contributed by atoms with Crippen molar-refractivity contribution in [2.45, 2.75) is 32.1 Å². The molecule has 0 aliphatic carbocycles. The van der Waals surface area contributed by atoms with Crippen molar-refractivity contribution < 1.29 is 17.9 Å². The zero-order valence-corrected chi connectivity index (χ0v) is 19.4. The first kappa shape index (κ1) is 21.9. The Bertz CT molecular complexity index is 1290. The highest BCUT2D eigenvalue weighted by atomic mass is 32.2. The largest absolute Gasteiger partial charge is 0.496 e. The lowest BCUT2D eigenvalue weighted by molar-refractivity contribution is 0.102. The molecule has 0 saturated heterocycles. The van der Waals surface area contributed by atoms with Crippen LogP contribution in [0.2, 0.25) is 0 Å². The van der Waals surface area contributed by atoms with Gasteiger partial charge in [0.15, 0.2) is 0 Å². The van der Waals surface area contributed by atoms with Crippen LogP contribution in [0.5, 0.6) is 5.75 Å². The molecule has 6 nitrogen and oxygen atoms in total. The van der Waals surface area contributed by atoms with Gasteiger partial charge in [0.25, 0.3) is 15.9 Å².